The maximum absolute atomic E-state index is 12.2. The third-order valence-electron chi connectivity index (χ3n) is 4.40. The topological polar surface area (TPSA) is 76.1 Å². The Morgan fingerprint density at radius 2 is 1.85 bits per heavy atom. The minimum atomic E-state index is -0.230. The molecule has 0 spiro atoms. The standard InChI is InChI=1S/C20H24N4O2/c1-26-17-9-7-16(8-10-17)20(25)22-19-12-11-18(23-24-19)21-14-13-15-5-3-2-4-6-15/h5,7-12H,2-4,6,13-14H2,1H3,(H,21,23)(H,22,24,25). The van der Waals surface area contributed by atoms with Gasteiger partial charge in [0.25, 0.3) is 5.91 Å². The molecule has 0 fully saturated rings. The largest absolute Gasteiger partial charge is 0.497 e. The van der Waals surface area contributed by atoms with E-state index in [1.165, 1.54) is 31.3 Å². The lowest BCUT2D eigenvalue weighted by Crippen LogP contribution is -2.14. The molecule has 3 rings (SSSR count). The fourth-order valence-electron chi connectivity index (χ4n) is 2.91. The normalized spacial score (nSPS) is 13.7. The maximum Gasteiger partial charge on any atom is 0.256 e. The quantitative estimate of drug-likeness (QED) is 0.736. The van der Waals surface area contributed by atoms with Crippen LogP contribution in [0.3, 0.4) is 0 Å². The lowest BCUT2D eigenvalue weighted by molar-refractivity contribution is 0.102. The van der Waals surface area contributed by atoms with Crippen LogP contribution in [-0.4, -0.2) is 29.8 Å². The van der Waals surface area contributed by atoms with Gasteiger partial charge in [0.05, 0.1) is 7.11 Å². The Hall–Kier alpha value is -2.89. The highest BCUT2D eigenvalue weighted by Gasteiger charge is 2.08. The molecule has 2 N–H and O–H groups in total. The summed E-state index contributed by atoms with van der Waals surface area (Å²) in [5.41, 5.74) is 2.07. The van der Waals surface area contributed by atoms with Crippen molar-refractivity contribution in [2.75, 3.05) is 24.3 Å². The first-order valence-corrected chi connectivity index (χ1v) is 8.95. The van der Waals surface area contributed by atoms with Gasteiger partial charge in [-0.15, -0.1) is 10.2 Å². The number of aromatic nitrogens is 2. The average molecular weight is 352 g/mol. The van der Waals surface area contributed by atoms with E-state index in [0.717, 1.165) is 13.0 Å². The van der Waals surface area contributed by atoms with E-state index in [1.54, 1.807) is 37.4 Å². The summed E-state index contributed by atoms with van der Waals surface area (Å²) in [5, 5.41) is 14.2. The Labute approximate surface area is 153 Å². The first-order valence-electron chi connectivity index (χ1n) is 8.95. The summed E-state index contributed by atoms with van der Waals surface area (Å²) in [7, 11) is 1.59. The number of rotatable bonds is 7. The summed E-state index contributed by atoms with van der Waals surface area (Å²) in [6, 6.07) is 10.5. The van der Waals surface area contributed by atoms with Crippen LogP contribution in [0.4, 0.5) is 11.6 Å². The summed E-state index contributed by atoms with van der Waals surface area (Å²) < 4.78 is 5.09. The summed E-state index contributed by atoms with van der Waals surface area (Å²) >= 11 is 0. The molecular weight excluding hydrogens is 328 g/mol. The van der Waals surface area contributed by atoms with Crippen LogP contribution in [-0.2, 0) is 0 Å². The number of carbonyl (C=O) groups excluding carboxylic acids is 1. The predicted octanol–water partition coefficient (Wildman–Crippen LogP) is 4.04. The zero-order valence-corrected chi connectivity index (χ0v) is 15.0. The van der Waals surface area contributed by atoms with Crippen LogP contribution in [0.25, 0.3) is 0 Å². The van der Waals surface area contributed by atoms with Gasteiger partial charge in [-0.1, -0.05) is 11.6 Å². The van der Waals surface area contributed by atoms with Crippen molar-refractivity contribution in [3.63, 3.8) is 0 Å². The molecule has 1 aromatic heterocycles. The minimum absolute atomic E-state index is 0.230. The summed E-state index contributed by atoms with van der Waals surface area (Å²) in [6.07, 6.45) is 8.42. The van der Waals surface area contributed by atoms with Gasteiger partial charge < -0.3 is 15.4 Å². The summed E-state index contributed by atoms with van der Waals surface area (Å²) in [6.45, 7) is 0.845. The number of nitrogens with zero attached hydrogens (tertiary/aromatic N) is 2. The minimum Gasteiger partial charge on any atom is -0.497 e. The van der Waals surface area contributed by atoms with Gasteiger partial charge in [-0.3, -0.25) is 4.79 Å². The number of benzene rings is 1. The Balaban J connectivity index is 1.48. The van der Waals surface area contributed by atoms with Crippen LogP contribution in [0.5, 0.6) is 5.75 Å². The van der Waals surface area contributed by atoms with Gasteiger partial charge in [-0.25, -0.2) is 0 Å². The van der Waals surface area contributed by atoms with Crippen LogP contribution in [0, 0.1) is 0 Å². The van der Waals surface area contributed by atoms with E-state index in [1.807, 2.05) is 6.07 Å². The number of ether oxygens (including phenoxy) is 1. The first kappa shape index (κ1) is 17.9. The van der Waals surface area contributed by atoms with Crippen molar-refractivity contribution in [1.82, 2.24) is 10.2 Å². The molecule has 136 valence electrons. The fraction of sp³-hybridized carbons (Fsp3) is 0.350. The molecule has 26 heavy (non-hydrogen) atoms. The molecule has 0 bridgehead atoms. The highest BCUT2D eigenvalue weighted by molar-refractivity contribution is 6.03. The highest BCUT2D eigenvalue weighted by atomic mass is 16.5. The molecule has 0 atom stereocenters. The lowest BCUT2D eigenvalue weighted by Gasteiger charge is -2.13. The number of methoxy groups -OCH3 is 1. The van der Waals surface area contributed by atoms with E-state index < -0.39 is 0 Å². The summed E-state index contributed by atoms with van der Waals surface area (Å²) in [5.74, 6) is 1.61. The molecular formula is C20H24N4O2. The van der Waals surface area contributed by atoms with Crippen LogP contribution in [0.15, 0.2) is 48.0 Å². The van der Waals surface area contributed by atoms with E-state index >= 15 is 0 Å². The van der Waals surface area contributed by atoms with E-state index in [9.17, 15) is 4.79 Å². The summed E-state index contributed by atoms with van der Waals surface area (Å²) in [4.78, 5) is 12.2. The first-order chi connectivity index (χ1) is 12.7. The average Bonchev–Trinajstić information content (AvgIpc) is 2.70. The monoisotopic (exact) mass is 352 g/mol. The number of anilines is 2. The number of nitrogens with one attached hydrogen (secondary N) is 2. The molecule has 6 nitrogen and oxygen atoms in total. The molecule has 0 radical (unpaired) electrons. The van der Waals surface area contributed by atoms with E-state index in [0.29, 0.717) is 22.9 Å². The molecule has 0 aliphatic heterocycles. The Kier molecular flexibility index (Phi) is 6.19. The van der Waals surface area contributed by atoms with Crippen molar-refractivity contribution in [3.8, 4) is 5.75 Å². The van der Waals surface area contributed by atoms with E-state index in [4.69, 9.17) is 4.74 Å². The third-order valence-corrected chi connectivity index (χ3v) is 4.40. The molecule has 1 amide bonds. The number of carbonyl (C=O) groups is 1. The van der Waals surface area contributed by atoms with Crippen LogP contribution >= 0.6 is 0 Å². The Bertz CT molecular complexity index is 754. The van der Waals surface area contributed by atoms with Crippen LogP contribution in [0.1, 0.15) is 42.5 Å². The lowest BCUT2D eigenvalue weighted by atomic mass is 9.97. The molecule has 0 unspecified atom stereocenters. The number of amides is 1. The van der Waals surface area contributed by atoms with Crippen LogP contribution in [0.2, 0.25) is 0 Å². The van der Waals surface area contributed by atoms with Crippen molar-refractivity contribution < 1.29 is 9.53 Å². The number of allylic oxidation sites excluding steroid dienone is 1. The van der Waals surface area contributed by atoms with Gasteiger partial charge in [0.1, 0.15) is 11.6 Å². The maximum atomic E-state index is 12.2. The van der Waals surface area contributed by atoms with Gasteiger partial charge in [-0.05, 0) is 68.5 Å². The second-order valence-corrected chi connectivity index (χ2v) is 6.27. The van der Waals surface area contributed by atoms with Gasteiger partial charge in [0.2, 0.25) is 0 Å². The highest BCUT2D eigenvalue weighted by Crippen LogP contribution is 2.20. The van der Waals surface area contributed by atoms with Crippen molar-refractivity contribution in [1.29, 1.82) is 0 Å². The molecule has 1 aliphatic rings. The fourth-order valence-corrected chi connectivity index (χ4v) is 2.91. The number of hydrogen-bond donors (Lipinski definition) is 2. The zero-order chi connectivity index (χ0) is 18.2. The molecule has 0 saturated carbocycles. The van der Waals surface area contributed by atoms with Gasteiger partial charge >= 0.3 is 0 Å². The van der Waals surface area contributed by atoms with E-state index in [-0.39, 0.29) is 5.91 Å². The smallest absolute Gasteiger partial charge is 0.256 e. The Morgan fingerprint density at radius 3 is 2.50 bits per heavy atom. The molecule has 1 aliphatic carbocycles. The van der Waals surface area contributed by atoms with E-state index in [2.05, 4.69) is 26.9 Å². The van der Waals surface area contributed by atoms with Crippen LogP contribution < -0.4 is 15.4 Å². The molecule has 2 aromatic rings. The zero-order valence-electron chi connectivity index (χ0n) is 15.0. The Morgan fingerprint density at radius 1 is 1.08 bits per heavy atom. The predicted molar refractivity (Wildman–Crippen MR) is 103 cm³/mol. The van der Waals surface area contributed by atoms with Crippen molar-refractivity contribution >= 4 is 17.5 Å². The van der Waals surface area contributed by atoms with Gasteiger partial charge in [-0.2, -0.15) is 0 Å². The molecule has 0 saturated heterocycles. The van der Waals surface area contributed by atoms with Crippen molar-refractivity contribution in [2.45, 2.75) is 32.1 Å². The SMILES string of the molecule is COc1ccc(C(=O)Nc2ccc(NCCC3=CCCCC3)nn2)cc1. The molecule has 1 aromatic carbocycles. The van der Waals surface area contributed by atoms with Gasteiger partial charge in [0.15, 0.2) is 5.82 Å². The third kappa shape index (κ3) is 5.05. The molecule has 1 heterocycles. The number of hydrogen-bond acceptors (Lipinski definition) is 5. The van der Waals surface area contributed by atoms with Crippen molar-refractivity contribution in [2.24, 2.45) is 0 Å². The van der Waals surface area contributed by atoms with Gasteiger partial charge in [0, 0.05) is 12.1 Å². The van der Waals surface area contributed by atoms with Crippen molar-refractivity contribution in [3.05, 3.63) is 53.6 Å². The second kappa shape index (κ2) is 8.99. The molecule has 6 heteroatoms. The second-order valence-electron chi connectivity index (χ2n) is 6.27.